The van der Waals surface area contributed by atoms with Crippen LogP contribution in [0.15, 0.2) is 23.1 Å². The van der Waals surface area contributed by atoms with E-state index in [2.05, 4.69) is 10.0 Å². The minimum Gasteiger partial charge on any atom is -0.316 e. The highest BCUT2D eigenvalue weighted by molar-refractivity contribution is 7.89. The molecule has 1 heterocycles. The average molecular weight is 339 g/mol. The van der Waals surface area contributed by atoms with Crippen LogP contribution in [0.1, 0.15) is 18.9 Å². The van der Waals surface area contributed by atoms with Crippen molar-refractivity contribution in [3.8, 4) is 0 Å². The van der Waals surface area contributed by atoms with E-state index in [1.165, 1.54) is 0 Å². The molecule has 1 aromatic carbocycles. The van der Waals surface area contributed by atoms with E-state index in [0.29, 0.717) is 10.6 Å². The van der Waals surface area contributed by atoms with Crippen molar-refractivity contribution in [2.75, 3.05) is 13.1 Å². The summed E-state index contributed by atoms with van der Waals surface area (Å²) in [6, 6.07) is 4.93. The minimum absolute atomic E-state index is 0. The van der Waals surface area contributed by atoms with E-state index in [9.17, 15) is 8.42 Å². The van der Waals surface area contributed by atoms with Crippen molar-refractivity contribution < 1.29 is 8.42 Å². The van der Waals surface area contributed by atoms with Gasteiger partial charge in [-0.25, -0.2) is 13.1 Å². The first kappa shape index (κ1) is 17.7. The zero-order valence-electron chi connectivity index (χ0n) is 11.5. The lowest BCUT2D eigenvalue weighted by Gasteiger charge is -2.30. The van der Waals surface area contributed by atoms with Gasteiger partial charge in [0.15, 0.2) is 0 Å². The normalized spacial score (nSPS) is 23.1. The first-order chi connectivity index (χ1) is 8.92. The van der Waals surface area contributed by atoms with Gasteiger partial charge in [-0.1, -0.05) is 24.6 Å². The molecule has 0 amide bonds. The van der Waals surface area contributed by atoms with Gasteiger partial charge >= 0.3 is 0 Å². The van der Waals surface area contributed by atoms with E-state index in [4.69, 9.17) is 11.6 Å². The van der Waals surface area contributed by atoms with E-state index < -0.39 is 10.0 Å². The van der Waals surface area contributed by atoms with E-state index in [-0.39, 0.29) is 29.3 Å². The van der Waals surface area contributed by atoms with Crippen molar-refractivity contribution in [1.29, 1.82) is 0 Å². The van der Waals surface area contributed by atoms with Crippen LogP contribution in [-0.2, 0) is 10.0 Å². The number of piperidine rings is 1. The van der Waals surface area contributed by atoms with Crippen molar-refractivity contribution in [1.82, 2.24) is 10.0 Å². The highest BCUT2D eigenvalue weighted by Crippen LogP contribution is 2.23. The van der Waals surface area contributed by atoms with E-state index in [1.54, 1.807) is 25.1 Å². The summed E-state index contributed by atoms with van der Waals surface area (Å²) in [7, 11) is -3.51. The van der Waals surface area contributed by atoms with Crippen molar-refractivity contribution >= 4 is 34.0 Å². The summed E-state index contributed by atoms with van der Waals surface area (Å²) in [5.41, 5.74) is 0.596. The Bertz CT molecular complexity index is 563. The van der Waals surface area contributed by atoms with Gasteiger partial charge in [0.05, 0.1) is 4.90 Å². The molecule has 2 rings (SSSR count). The first-order valence-electron chi connectivity index (χ1n) is 6.40. The van der Waals surface area contributed by atoms with E-state index in [1.807, 2.05) is 6.92 Å². The molecule has 0 aliphatic carbocycles. The second-order valence-corrected chi connectivity index (χ2v) is 7.15. The number of hydrogen-bond acceptors (Lipinski definition) is 3. The number of sulfonamides is 1. The summed E-state index contributed by atoms with van der Waals surface area (Å²) in [6.07, 6.45) is 0.806. The van der Waals surface area contributed by atoms with Gasteiger partial charge in [-0.05, 0) is 50.0 Å². The van der Waals surface area contributed by atoms with Crippen LogP contribution in [0.3, 0.4) is 0 Å². The Morgan fingerprint density at radius 2 is 2.10 bits per heavy atom. The number of halogens is 2. The standard InChI is InChI=1S/C13H19ClN2O2S.ClH/c1-9-8-15-7-6-12(9)16-19(17,18)13-5-3-4-11(14)10(13)2;/h3-5,9,12,15-16H,6-8H2,1-2H3;1H. The first-order valence-corrected chi connectivity index (χ1v) is 8.26. The molecule has 1 aliphatic heterocycles. The second-order valence-electron chi connectivity index (χ2n) is 5.06. The van der Waals surface area contributed by atoms with Crippen LogP contribution < -0.4 is 10.0 Å². The number of hydrogen-bond donors (Lipinski definition) is 2. The van der Waals surface area contributed by atoms with Crippen LogP contribution in [0.2, 0.25) is 5.02 Å². The molecule has 1 aromatic rings. The summed E-state index contributed by atoms with van der Waals surface area (Å²) >= 11 is 5.99. The van der Waals surface area contributed by atoms with Gasteiger partial charge in [0.1, 0.15) is 0 Å². The fourth-order valence-electron chi connectivity index (χ4n) is 2.33. The lowest BCUT2D eigenvalue weighted by molar-refractivity contribution is 0.328. The Kier molecular flexibility index (Phi) is 6.28. The molecule has 0 bridgehead atoms. The summed E-state index contributed by atoms with van der Waals surface area (Å²) in [4.78, 5) is 0.269. The molecular weight excluding hydrogens is 319 g/mol. The Balaban J connectivity index is 0.00000200. The number of nitrogens with one attached hydrogen (secondary N) is 2. The van der Waals surface area contributed by atoms with E-state index >= 15 is 0 Å². The van der Waals surface area contributed by atoms with Crippen LogP contribution in [-0.4, -0.2) is 27.5 Å². The highest BCUT2D eigenvalue weighted by Gasteiger charge is 2.27. The topological polar surface area (TPSA) is 58.2 Å². The van der Waals surface area contributed by atoms with Crippen LogP contribution in [0.25, 0.3) is 0 Å². The second kappa shape index (κ2) is 7.09. The molecule has 0 radical (unpaired) electrons. The van der Waals surface area contributed by atoms with Gasteiger partial charge < -0.3 is 5.32 Å². The smallest absolute Gasteiger partial charge is 0.241 e. The molecule has 20 heavy (non-hydrogen) atoms. The molecule has 1 aliphatic rings. The van der Waals surface area contributed by atoms with Crippen LogP contribution in [0.4, 0.5) is 0 Å². The van der Waals surface area contributed by atoms with Crippen molar-refractivity contribution in [2.24, 2.45) is 5.92 Å². The molecule has 4 nitrogen and oxygen atoms in total. The molecule has 2 atom stereocenters. The van der Waals surface area contributed by atoms with Gasteiger partial charge in [0.2, 0.25) is 10.0 Å². The molecule has 1 fully saturated rings. The minimum atomic E-state index is -3.51. The van der Waals surface area contributed by atoms with Gasteiger partial charge in [0.25, 0.3) is 0 Å². The molecule has 0 saturated carbocycles. The third-order valence-corrected chi connectivity index (χ3v) is 5.64. The van der Waals surface area contributed by atoms with Gasteiger partial charge in [-0.15, -0.1) is 12.4 Å². The Labute approximate surface area is 131 Å². The molecule has 2 unspecified atom stereocenters. The zero-order chi connectivity index (χ0) is 14.0. The molecule has 0 spiro atoms. The lowest BCUT2D eigenvalue weighted by Crippen LogP contribution is -2.48. The molecule has 0 aromatic heterocycles. The Morgan fingerprint density at radius 3 is 2.75 bits per heavy atom. The average Bonchev–Trinajstić information content (AvgIpc) is 2.35. The SMILES string of the molecule is Cc1c(Cl)cccc1S(=O)(=O)NC1CCNCC1C.Cl. The van der Waals surface area contributed by atoms with Crippen LogP contribution >= 0.6 is 24.0 Å². The Hall–Kier alpha value is -0.330. The highest BCUT2D eigenvalue weighted by atomic mass is 35.5. The van der Waals surface area contributed by atoms with Gasteiger partial charge in [-0.2, -0.15) is 0 Å². The molecule has 1 saturated heterocycles. The van der Waals surface area contributed by atoms with E-state index in [0.717, 1.165) is 19.5 Å². The van der Waals surface area contributed by atoms with Gasteiger partial charge in [0, 0.05) is 11.1 Å². The van der Waals surface area contributed by atoms with Crippen molar-refractivity contribution in [3.63, 3.8) is 0 Å². The maximum atomic E-state index is 12.4. The number of benzene rings is 1. The maximum Gasteiger partial charge on any atom is 0.241 e. The lowest BCUT2D eigenvalue weighted by atomic mass is 9.97. The summed E-state index contributed by atoms with van der Waals surface area (Å²) in [6.45, 7) is 5.45. The largest absolute Gasteiger partial charge is 0.316 e. The summed E-state index contributed by atoms with van der Waals surface area (Å²) in [5.74, 6) is 0.281. The molecule has 114 valence electrons. The molecule has 2 N–H and O–H groups in total. The zero-order valence-corrected chi connectivity index (χ0v) is 13.9. The number of rotatable bonds is 3. The fraction of sp³-hybridized carbons (Fsp3) is 0.538. The fourth-order valence-corrected chi connectivity index (χ4v) is 4.21. The predicted octanol–water partition coefficient (Wildman–Crippen LogP) is 2.35. The monoisotopic (exact) mass is 338 g/mol. The quantitative estimate of drug-likeness (QED) is 0.889. The summed E-state index contributed by atoms with van der Waals surface area (Å²) < 4.78 is 27.7. The van der Waals surface area contributed by atoms with Crippen LogP contribution in [0, 0.1) is 12.8 Å². The summed E-state index contributed by atoms with van der Waals surface area (Å²) in [5, 5.41) is 3.73. The third-order valence-electron chi connectivity index (χ3n) is 3.60. The molecular formula is C13H20Cl2N2O2S. The van der Waals surface area contributed by atoms with Crippen molar-refractivity contribution in [3.05, 3.63) is 28.8 Å². The van der Waals surface area contributed by atoms with Crippen molar-refractivity contribution in [2.45, 2.75) is 31.2 Å². The van der Waals surface area contributed by atoms with Gasteiger partial charge in [-0.3, -0.25) is 0 Å². The maximum absolute atomic E-state index is 12.4. The third kappa shape index (κ3) is 3.86. The predicted molar refractivity (Wildman–Crippen MR) is 84.2 cm³/mol. The molecule has 7 heteroatoms. The Morgan fingerprint density at radius 1 is 1.40 bits per heavy atom. The van der Waals surface area contributed by atoms with Crippen LogP contribution in [0.5, 0.6) is 0 Å².